The molecule has 2 aromatic carbocycles. The Morgan fingerprint density at radius 2 is 1.71 bits per heavy atom. The average molecular weight is 417 g/mol. The highest BCUT2D eigenvalue weighted by Gasteiger charge is 2.14. The quantitative estimate of drug-likeness (QED) is 0.516. The van der Waals surface area contributed by atoms with E-state index in [0.717, 1.165) is 11.3 Å². The number of hydrogen-bond acceptors (Lipinski definition) is 4. The van der Waals surface area contributed by atoms with Gasteiger partial charge in [0.05, 0.1) is 5.75 Å². The van der Waals surface area contributed by atoms with Crippen molar-refractivity contribution in [3.63, 3.8) is 0 Å². The molecule has 3 aromatic rings. The van der Waals surface area contributed by atoms with E-state index in [4.69, 9.17) is 12.2 Å². The summed E-state index contributed by atoms with van der Waals surface area (Å²) in [5.41, 5.74) is 2.74. The first-order chi connectivity index (χ1) is 13.4. The third-order valence-electron chi connectivity index (χ3n) is 4.17. The van der Waals surface area contributed by atoms with Crippen molar-refractivity contribution in [3.8, 4) is 5.69 Å². The van der Waals surface area contributed by atoms with Crippen molar-refractivity contribution in [2.45, 2.75) is 12.3 Å². The number of aromatic nitrogens is 2. The lowest BCUT2D eigenvalue weighted by atomic mass is 10.1. The molecule has 0 saturated heterocycles. The number of nitrogens with zero attached hydrogens (tertiary/aromatic N) is 1. The number of imidazole rings is 1. The summed E-state index contributed by atoms with van der Waals surface area (Å²) in [6, 6.07) is 16.4. The third-order valence-corrected chi connectivity index (χ3v) is 5.80. The number of para-hydroxylation sites is 1. The van der Waals surface area contributed by atoms with Gasteiger partial charge in [0, 0.05) is 18.4 Å². The Morgan fingerprint density at radius 3 is 2.36 bits per heavy atom. The van der Waals surface area contributed by atoms with E-state index in [-0.39, 0.29) is 11.7 Å². The molecule has 0 radical (unpaired) electrons. The van der Waals surface area contributed by atoms with E-state index in [1.807, 2.05) is 30.3 Å². The average Bonchev–Trinajstić information content (AvgIpc) is 3.09. The number of amides is 1. The van der Waals surface area contributed by atoms with Crippen molar-refractivity contribution in [1.82, 2.24) is 19.6 Å². The van der Waals surface area contributed by atoms with Crippen LogP contribution >= 0.6 is 12.2 Å². The van der Waals surface area contributed by atoms with Gasteiger partial charge in [-0.25, -0.2) is 13.1 Å². The van der Waals surface area contributed by atoms with Crippen LogP contribution in [0.15, 0.2) is 60.8 Å². The highest BCUT2D eigenvalue weighted by atomic mass is 32.2. The van der Waals surface area contributed by atoms with Crippen molar-refractivity contribution in [2.24, 2.45) is 0 Å². The minimum Gasteiger partial charge on any atom is -0.347 e. The Hall–Kier alpha value is -2.75. The fourth-order valence-corrected chi connectivity index (χ4v) is 3.73. The second kappa shape index (κ2) is 8.51. The Labute approximate surface area is 168 Å². The number of hydrogen-bond donors (Lipinski definition) is 3. The molecule has 0 spiro atoms. The molecule has 0 atom stereocenters. The molecule has 1 aromatic heterocycles. The van der Waals surface area contributed by atoms with Crippen LogP contribution in [0.1, 0.15) is 21.6 Å². The van der Waals surface area contributed by atoms with Crippen LogP contribution in [0.4, 0.5) is 0 Å². The first-order valence-electron chi connectivity index (χ1n) is 8.53. The Bertz CT molecular complexity index is 1120. The molecule has 0 aliphatic heterocycles. The predicted molar refractivity (Wildman–Crippen MR) is 110 cm³/mol. The van der Waals surface area contributed by atoms with Crippen LogP contribution in [0.25, 0.3) is 5.69 Å². The highest BCUT2D eigenvalue weighted by molar-refractivity contribution is 7.88. The van der Waals surface area contributed by atoms with E-state index in [1.54, 1.807) is 35.0 Å². The maximum atomic E-state index is 12.6. The Morgan fingerprint density at radius 1 is 1.07 bits per heavy atom. The van der Waals surface area contributed by atoms with Crippen LogP contribution in [-0.2, 0) is 22.3 Å². The molecular formula is C19H20N4O3S2. The summed E-state index contributed by atoms with van der Waals surface area (Å²) >= 11 is 5.29. The molecule has 0 saturated carbocycles. The number of nitrogens with one attached hydrogen (secondary N) is 3. The zero-order chi connectivity index (χ0) is 20.1. The summed E-state index contributed by atoms with van der Waals surface area (Å²) in [5.74, 6) is -0.351. The van der Waals surface area contributed by atoms with E-state index in [1.165, 1.54) is 7.05 Å². The van der Waals surface area contributed by atoms with Crippen molar-refractivity contribution in [1.29, 1.82) is 0 Å². The second-order valence-electron chi connectivity index (χ2n) is 6.11. The Balaban J connectivity index is 1.69. The first kappa shape index (κ1) is 20.0. The van der Waals surface area contributed by atoms with Gasteiger partial charge in [-0.1, -0.05) is 42.5 Å². The Kier molecular flexibility index (Phi) is 6.08. The van der Waals surface area contributed by atoms with Gasteiger partial charge in [-0.15, -0.1) is 0 Å². The number of sulfonamides is 1. The number of carbonyl (C=O) groups is 1. The molecule has 0 aliphatic rings. The summed E-state index contributed by atoms with van der Waals surface area (Å²) in [6.07, 6.45) is 1.58. The molecule has 0 unspecified atom stereocenters. The van der Waals surface area contributed by atoms with E-state index < -0.39 is 10.0 Å². The molecule has 0 fully saturated rings. The third kappa shape index (κ3) is 4.75. The molecule has 3 rings (SSSR count). The van der Waals surface area contributed by atoms with Crippen molar-refractivity contribution in [3.05, 3.63) is 82.4 Å². The van der Waals surface area contributed by atoms with Gasteiger partial charge in [0.25, 0.3) is 5.91 Å². The molecule has 0 aliphatic carbocycles. The standard InChI is InChI=1S/C19H20N4O3S2/c1-20-28(25,26)13-15-9-7-14(8-10-15)11-21-18(24)17-12-22-19(27)23(17)16-5-3-2-4-6-16/h2-10,12,20H,11,13H2,1H3,(H,21,24)(H,22,27). The van der Waals surface area contributed by atoms with Gasteiger partial charge in [0.1, 0.15) is 5.69 Å². The van der Waals surface area contributed by atoms with Gasteiger partial charge < -0.3 is 10.3 Å². The fraction of sp³-hybridized carbons (Fsp3) is 0.158. The monoisotopic (exact) mass is 416 g/mol. The summed E-state index contributed by atoms with van der Waals surface area (Å²) < 4.78 is 27.6. The number of H-pyrrole nitrogens is 1. The second-order valence-corrected chi connectivity index (χ2v) is 8.43. The van der Waals surface area contributed by atoms with Crippen LogP contribution in [0, 0.1) is 4.77 Å². The minimum atomic E-state index is -3.31. The van der Waals surface area contributed by atoms with Gasteiger partial charge in [-0.2, -0.15) is 0 Å². The molecule has 1 heterocycles. The first-order valence-corrected chi connectivity index (χ1v) is 10.6. The molecular weight excluding hydrogens is 396 g/mol. The largest absolute Gasteiger partial charge is 0.347 e. The van der Waals surface area contributed by atoms with Gasteiger partial charge in [0.2, 0.25) is 10.0 Å². The van der Waals surface area contributed by atoms with E-state index in [9.17, 15) is 13.2 Å². The smallest absolute Gasteiger partial charge is 0.270 e. The van der Waals surface area contributed by atoms with E-state index >= 15 is 0 Å². The van der Waals surface area contributed by atoms with E-state index in [0.29, 0.717) is 22.6 Å². The lowest BCUT2D eigenvalue weighted by Gasteiger charge is -2.10. The normalized spacial score (nSPS) is 11.3. The van der Waals surface area contributed by atoms with E-state index in [2.05, 4.69) is 15.0 Å². The van der Waals surface area contributed by atoms with Gasteiger partial charge in [-0.3, -0.25) is 9.36 Å². The molecule has 28 heavy (non-hydrogen) atoms. The summed E-state index contributed by atoms with van der Waals surface area (Å²) in [6.45, 7) is 0.310. The van der Waals surface area contributed by atoms with Gasteiger partial charge in [-0.05, 0) is 42.5 Å². The summed E-state index contributed by atoms with van der Waals surface area (Å²) in [4.78, 5) is 15.5. The topological polar surface area (TPSA) is 96.0 Å². The summed E-state index contributed by atoms with van der Waals surface area (Å²) in [7, 11) is -1.93. The fourth-order valence-electron chi connectivity index (χ4n) is 2.69. The zero-order valence-corrected chi connectivity index (χ0v) is 16.8. The molecule has 9 heteroatoms. The maximum absolute atomic E-state index is 12.6. The molecule has 7 nitrogen and oxygen atoms in total. The lowest BCUT2D eigenvalue weighted by Crippen LogP contribution is -2.25. The van der Waals surface area contributed by atoms with Gasteiger partial charge in [0.15, 0.2) is 4.77 Å². The van der Waals surface area contributed by atoms with Gasteiger partial charge >= 0.3 is 0 Å². The zero-order valence-electron chi connectivity index (χ0n) is 15.2. The number of aromatic amines is 1. The number of rotatable bonds is 7. The molecule has 146 valence electrons. The van der Waals surface area contributed by atoms with Crippen LogP contribution in [-0.4, -0.2) is 30.9 Å². The minimum absolute atomic E-state index is 0.0851. The molecule has 0 bridgehead atoms. The molecule has 1 amide bonds. The van der Waals surface area contributed by atoms with Crippen molar-refractivity contribution in [2.75, 3.05) is 7.05 Å². The van der Waals surface area contributed by atoms with Crippen LogP contribution in [0.3, 0.4) is 0 Å². The SMILES string of the molecule is CNS(=O)(=O)Cc1ccc(CNC(=O)c2c[nH]c(=S)n2-c2ccccc2)cc1. The van der Waals surface area contributed by atoms with Crippen molar-refractivity contribution < 1.29 is 13.2 Å². The maximum Gasteiger partial charge on any atom is 0.270 e. The van der Waals surface area contributed by atoms with Crippen molar-refractivity contribution >= 4 is 28.1 Å². The van der Waals surface area contributed by atoms with Crippen LogP contribution < -0.4 is 10.0 Å². The van der Waals surface area contributed by atoms with Crippen LogP contribution in [0.5, 0.6) is 0 Å². The summed E-state index contributed by atoms with van der Waals surface area (Å²) in [5, 5.41) is 2.86. The molecule has 3 N–H and O–H groups in total. The lowest BCUT2D eigenvalue weighted by molar-refractivity contribution is 0.0944. The predicted octanol–water partition coefficient (Wildman–Crippen LogP) is 2.51. The van der Waals surface area contributed by atoms with Crippen LogP contribution in [0.2, 0.25) is 0 Å². The number of benzene rings is 2. The highest BCUT2D eigenvalue weighted by Crippen LogP contribution is 2.13. The number of carbonyl (C=O) groups excluding carboxylic acids is 1.